The number of rotatable bonds is 8. The molecular formula is C21H21N3O3. The molecule has 0 saturated heterocycles. The van der Waals surface area contributed by atoms with Crippen LogP contribution in [-0.2, 0) is 13.0 Å². The van der Waals surface area contributed by atoms with E-state index in [-0.39, 0.29) is 5.75 Å². The highest BCUT2D eigenvalue weighted by Crippen LogP contribution is 2.20. The molecule has 6 nitrogen and oxygen atoms in total. The lowest BCUT2D eigenvalue weighted by Gasteiger charge is -2.08. The Morgan fingerprint density at radius 1 is 1.00 bits per heavy atom. The number of aromatic nitrogens is 1. The zero-order chi connectivity index (χ0) is 19.1. The number of pyridine rings is 1. The van der Waals surface area contributed by atoms with Gasteiger partial charge in [-0.05, 0) is 54.4 Å². The molecule has 0 fully saturated rings. The zero-order valence-corrected chi connectivity index (χ0v) is 14.8. The van der Waals surface area contributed by atoms with Crippen LogP contribution in [0.5, 0.6) is 17.4 Å². The first-order valence-electron chi connectivity index (χ1n) is 8.61. The van der Waals surface area contributed by atoms with Crippen LogP contribution in [0.25, 0.3) is 0 Å². The molecular weight excluding hydrogens is 342 g/mol. The second-order valence-electron chi connectivity index (χ2n) is 6.09. The molecule has 0 aliphatic carbocycles. The molecule has 138 valence electrons. The molecule has 0 saturated carbocycles. The molecule has 0 spiro atoms. The predicted molar refractivity (Wildman–Crippen MR) is 103 cm³/mol. The average molecular weight is 363 g/mol. The normalized spacial score (nSPS) is 10.5. The van der Waals surface area contributed by atoms with E-state index in [9.17, 15) is 9.90 Å². The number of nitrogens with two attached hydrogens (primary N) is 1. The van der Waals surface area contributed by atoms with Crippen molar-refractivity contribution in [2.45, 2.75) is 13.0 Å². The highest BCUT2D eigenvalue weighted by Gasteiger charge is 2.03. The molecule has 0 unspecified atom stereocenters. The van der Waals surface area contributed by atoms with E-state index < -0.39 is 5.91 Å². The van der Waals surface area contributed by atoms with Gasteiger partial charge in [-0.2, -0.15) is 0 Å². The first kappa shape index (κ1) is 18.4. The van der Waals surface area contributed by atoms with Crippen molar-refractivity contribution in [1.82, 2.24) is 10.3 Å². The van der Waals surface area contributed by atoms with Crippen molar-refractivity contribution in [3.8, 4) is 17.4 Å². The SMILES string of the molecule is NC(=O)c1ccc(Oc2ccc(CCNCc3ccc(O)cc3)cc2)nc1. The van der Waals surface area contributed by atoms with Crippen LogP contribution in [-0.4, -0.2) is 22.5 Å². The minimum atomic E-state index is -0.516. The van der Waals surface area contributed by atoms with Gasteiger partial charge >= 0.3 is 0 Å². The van der Waals surface area contributed by atoms with Crippen LogP contribution in [0.4, 0.5) is 0 Å². The number of primary amides is 1. The van der Waals surface area contributed by atoms with Crippen LogP contribution in [0.3, 0.4) is 0 Å². The smallest absolute Gasteiger partial charge is 0.250 e. The monoisotopic (exact) mass is 363 g/mol. The molecule has 3 rings (SSSR count). The Balaban J connectivity index is 1.45. The summed E-state index contributed by atoms with van der Waals surface area (Å²) < 4.78 is 5.66. The van der Waals surface area contributed by atoms with Gasteiger partial charge in [-0.15, -0.1) is 0 Å². The molecule has 0 bridgehead atoms. The van der Waals surface area contributed by atoms with Crippen LogP contribution in [0.2, 0.25) is 0 Å². The molecule has 0 atom stereocenters. The third-order valence-electron chi connectivity index (χ3n) is 4.02. The summed E-state index contributed by atoms with van der Waals surface area (Å²) in [6.07, 6.45) is 2.29. The number of benzene rings is 2. The van der Waals surface area contributed by atoms with Gasteiger partial charge in [0.05, 0.1) is 5.56 Å². The fourth-order valence-corrected chi connectivity index (χ4v) is 2.51. The molecule has 1 heterocycles. The van der Waals surface area contributed by atoms with Gasteiger partial charge in [0.15, 0.2) is 0 Å². The van der Waals surface area contributed by atoms with Crippen molar-refractivity contribution in [2.75, 3.05) is 6.54 Å². The number of aromatic hydroxyl groups is 1. The third kappa shape index (κ3) is 5.55. The summed E-state index contributed by atoms with van der Waals surface area (Å²) >= 11 is 0. The van der Waals surface area contributed by atoms with Gasteiger partial charge in [-0.1, -0.05) is 24.3 Å². The highest BCUT2D eigenvalue weighted by atomic mass is 16.5. The molecule has 4 N–H and O–H groups in total. The van der Waals surface area contributed by atoms with Gasteiger partial charge in [0, 0.05) is 18.8 Å². The van der Waals surface area contributed by atoms with Crippen LogP contribution in [0, 0.1) is 0 Å². The highest BCUT2D eigenvalue weighted by molar-refractivity contribution is 5.92. The largest absolute Gasteiger partial charge is 0.508 e. The summed E-state index contributed by atoms with van der Waals surface area (Å²) in [5, 5.41) is 12.7. The van der Waals surface area contributed by atoms with Gasteiger partial charge in [-0.25, -0.2) is 4.98 Å². The van der Waals surface area contributed by atoms with Crippen molar-refractivity contribution < 1.29 is 14.6 Å². The number of carbonyl (C=O) groups excluding carboxylic acids is 1. The topological polar surface area (TPSA) is 97.5 Å². The van der Waals surface area contributed by atoms with E-state index in [1.54, 1.807) is 24.3 Å². The molecule has 0 aliphatic rings. The number of phenols is 1. The predicted octanol–water partition coefficient (Wildman–Crippen LogP) is 3.01. The summed E-state index contributed by atoms with van der Waals surface area (Å²) in [5.41, 5.74) is 7.86. The van der Waals surface area contributed by atoms with Gasteiger partial charge < -0.3 is 20.9 Å². The van der Waals surface area contributed by atoms with Crippen molar-refractivity contribution in [3.05, 3.63) is 83.6 Å². The molecule has 0 aliphatic heterocycles. The number of nitrogens with one attached hydrogen (secondary N) is 1. The van der Waals surface area contributed by atoms with Crippen LogP contribution < -0.4 is 15.8 Å². The van der Waals surface area contributed by atoms with Gasteiger partial charge in [0.2, 0.25) is 11.8 Å². The van der Waals surface area contributed by atoms with E-state index in [1.165, 1.54) is 11.8 Å². The molecule has 3 aromatic rings. The first-order chi connectivity index (χ1) is 13.1. The third-order valence-corrected chi connectivity index (χ3v) is 4.02. The van der Waals surface area contributed by atoms with E-state index in [4.69, 9.17) is 10.5 Å². The van der Waals surface area contributed by atoms with Crippen molar-refractivity contribution in [3.63, 3.8) is 0 Å². The average Bonchev–Trinajstić information content (AvgIpc) is 2.68. The zero-order valence-electron chi connectivity index (χ0n) is 14.8. The first-order valence-corrected chi connectivity index (χ1v) is 8.61. The maximum Gasteiger partial charge on any atom is 0.250 e. The Kier molecular flexibility index (Phi) is 6.02. The van der Waals surface area contributed by atoms with Crippen LogP contribution in [0.1, 0.15) is 21.5 Å². The molecule has 2 aromatic carbocycles. The summed E-state index contributed by atoms with van der Waals surface area (Å²) in [4.78, 5) is 15.1. The quantitative estimate of drug-likeness (QED) is 0.535. The number of hydrogen-bond acceptors (Lipinski definition) is 5. The second kappa shape index (κ2) is 8.82. The van der Waals surface area contributed by atoms with Gasteiger partial charge in [0.25, 0.3) is 0 Å². The van der Waals surface area contributed by atoms with Crippen molar-refractivity contribution >= 4 is 5.91 Å². The number of hydrogen-bond donors (Lipinski definition) is 3. The number of nitrogens with zero attached hydrogens (tertiary/aromatic N) is 1. The Bertz CT molecular complexity index is 876. The van der Waals surface area contributed by atoms with E-state index >= 15 is 0 Å². The van der Waals surface area contributed by atoms with Gasteiger partial charge in [0.1, 0.15) is 11.5 Å². The molecule has 0 radical (unpaired) electrons. The molecule has 1 amide bonds. The Labute approximate surface area is 157 Å². The minimum absolute atomic E-state index is 0.278. The minimum Gasteiger partial charge on any atom is -0.508 e. The number of phenolic OH excluding ortho intramolecular Hbond substituents is 1. The standard InChI is InChI=1S/C21H21N3O3/c22-21(26)17-5-10-20(24-14-17)27-19-8-3-15(4-9-19)11-12-23-13-16-1-6-18(25)7-2-16/h1-10,14,23,25H,11-13H2,(H2,22,26). The molecule has 6 heteroatoms. The molecule has 27 heavy (non-hydrogen) atoms. The summed E-state index contributed by atoms with van der Waals surface area (Å²) in [5.74, 6) is 0.843. The van der Waals surface area contributed by atoms with Gasteiger partial charge in [-0.3, -0.25) is 4.79 Å². The number of ether oxygens (including phenoxy) is 1. The van der Waals surface area contributed by atoms with E-state index in [2.05, 4.69) is 10.3 Å². The fraction of sp³-hybridized carbons (Fsp3) is 0.143. The lowest BCUT2D eigenvalue weighted by Crippen LogP contribution is -2.16. The van der Waals surface area contributed by atoms with Crippen LogP contribution in [0.15, 0.2) is 66.9 Å². The number of amides is 1. The number of carbonyl (C=O) groups is 1. The lowest BCUT2D eigenvalue weighted by atomic mass is 10.1. The van der Waals surface area contributed by atoms with Crippen molar-refractivity contribution in [1.29, 1.82) is 0 Å². The summed E-state index contributed by atoms with van der Waals surface area (Å²) in [7, 11) is 0. The van der Waals surface area contributed by atoms with E-state index in [0.29, 0.717) is 17.2 Å². The fourth-order valence-electron chi connectivity index (χ4n) is 2.51. The van der Waals surface area contributed by atoms with E-state index in [1.807, 2.05) is 36.4 Å². The second-order valence-corrected chi connectivity index (χ2v) is 6.09. The Morgan fingerprint density at radius 2 is 1.70 bits per heavy atom. The van der Waals surface area contributed by atoms with Crippen molar-refractivity contribution in [2.24, 2.45) is 5.73 Å². The lowest BCUT2D eigenvalue weighted by molar-refractivity contribution is 0.1000. The maximum atomic E-state index is 11.0. The summed E-state index contributed by atoms with van der Waals surface area (Å²) in [6, 6.07) is 18.2. The molecule has 1 aromatic heterocycles. The summed E-state index contributed by atoms with van der Waals surface area (Å²) in [6.45, 7) is 1.60. The van der Waals surface area contributed by atoms with Crippen LogP contribution >= 0.6 is 0 Å². The van der Waals surface area contributed by atoms with E-state index in [0.717, 1.165) is 25.1 Å². The Hall–Kier alpha value is -3.38. The maximum absolute atomic E-state index is 11.0. The Morgan fingerprint density at radius 3 is 2.33 bits per heavy atom.